The van der Waals surface area contributed by atoms with Crippen LogP contribution in [0.3, 0.4) is 0 Å². The number of imide groups is 1. The van der Waals surface area contributed by atoms with Crippen LogP contribution in [0.15, 0.2) is 0 Å². The molecule has 0 aromatic carbocycles. The molecule has 0 aromatic rings. The first-order valence-corrected chi connectivity index (χ1v) is 6.06. The molecule has 0 radical (unpaired) electrons. The lowest BCUT2D eigenvalue weighted by Crippen LogP contribution is -2.35. The van der Waals surface area contributed by atoms with Gasteiger partial charge in [-0.3, -0.25) is 19.2 Å². The second-order valence-electron chi connectivity index (χ2n) is 5.26. The van der Waals surface area contributed by atoms with Crippen molar-refractivity contribution in [1.82, 2.24) is 5.06 Å². The van der Waals surface area contributed by atoms with Crippen LogP contribution in [0.2, 0.25) is 0 Å². The van der Waals surface area contributed by atoms with Gasteiger partial charge in [-0.2, -0.15) is 0 Å². The van der Waals surface area contributed by atoms with Crippen molar-refractivity contribution in [2.45, 2.75) is 46.8 Å². The predicted molar refractivity (Wildman–Crippen MR) is 63.7 cm³/mol. The molecule has 20 heavy (non-hydrogen) atoms. The Labute approximate surface area is 115 Å². The Kier molecular flexibility index (Phi) is 4.69. The Balaban J connectivity index is 2.44. The summed E-state index contributed by atoms with van der Waals surface area (Å²) < 4.78 is 9.48. The lowest BCUT2D eigenvalue weighted by Gasteiger charge is -2.21. The Bertz CT molecular complexity index is 422. The highest BCUT2D eigenvalue weighted by Crippen LogP contribution is 2.17. The van der Waals surface area contributed by atoms with Crippen LogP contribution in [0.5, 0.6) is 0 Å². The Morgan fingerprint density at radius 3 is 2.05 bits per heavy atom. The molecule has 112 valence electrons. The second-order valence-corrected chi connectivity index (χ2v) is 5.26. The Morgan fingerprint density at radius 2 is 1.60 bits per heavy atom. The Hall–Kier alpha value is -2.12. The number of nitrogens with zero attached hydrogens (tertiary/aromatic N) is 1. The highest BCUT2D eigenvalue weighted by Gasteiger charge is 2.34. The van der Waals surface area contributed by atoms with Crippen LogP contribution < -0.4 is 0 Å². The predicted octanol–water partition coefficient (Wildman–Crippen LogP) is 1.14. The molecule has 2 amide bonds. The van der Waals surface area contributed by atoms with Crippen LogP contribution in [-0.2, 0) is 28.7 Å². The SMILES string of the molecule is C[C@H](OC(=O)ON1C(=O)CCC1=O)OC(=O)C(C)(C)C. The number of ether oxygens (including phenoxy) is 2. The summed E-state index contributed by atoms with van der Waals surface area (Å²) in [5.41, 5.74) is -0.748. The van der Waals surface area contributed by atoms with Crippen LogP contribution in [0.1, 0.15) is 40.5 Å². The van der Waals surface area contributed by atoms with Crippen LogP contribution in [0.25, 0.3) is 0 Å². The molecule has 1 atom stereocenters. The van der Waals surface area contributed by atoms with E-state index in [1.807, 2.05) is 0 Å². The van der Waals surface area contributed by atoms with Crippen molar-refractivity contribution in [3.8, 4) is 0 Å². The molecule has 1 fully saturated rings. The fraction of sp³-hybridized carbons (Fsp3) is 0.667. The lowest BCUT2D eigenvalue weighted by atomic mass is 9.97. The smallest absolute Gasteiger partial charge is 0.425 e. The molecule has 1 aliphatic heterocycles. The van der Waals surface area contributed by atoms with E-state index in [4.69, 9.17) is 4.74 Å². The maximum Gasteiger partial charge on any atom is 0.537 e. The van der Waals surface area contributed by atoms with Gasteiger partial charge in [-0.05, 0) is 20.8 Å². The van der Waals surface area contributed by atoms with Crippen LogP contribution in [-0.4, -0.2) is 35.3 Å². The fourth-order valence-corrected chi connectivity index (χ4v) is 1.24. The fourth-order valence-electron chi connectivity index (χ4n) is 1.24. The highest BCUT2D eigenvalue weighted by atomic mass is 16.9. The maximum absolute atomic E-state index is 11.5. The van der Waals surface area contributed by atoms with Crippen molar-refractivity contribution in [2.75, 3.05) is 0 Å². The van der Waals surface area contributed by atoms with Gasteiger partial charge in [0.15, 0.2) is 0 Å². The van der Waals surface area contributed by atoms with Gasteiger partial charge in [0.2, 0.25) is 6.29 Å². The van der Waals surface area contributed by atoms with Crippen molar-refractivity contribution < 1.29 is 33.5 Å². The summed E-state index contributed by atoms with van der Waals surface area (Å²) in [6.07, 6.45) is -2.51. The van der Waals surface area contributed by atoms with Crippen molar-refractivity contribution in [3.05, 3.63) is 0 Å². The van der Waals surface area contributed by atoms with E-state index < -0.39 is 35.6 Å². The molecule has 0 spiro atoms. The number of esters is 1. The molecule has 0 N–H and O–H groups in total. The number of carbonyl (C=O) groups is 4. The molecule has 0 aliphatic carbocycles. The molecule has 8 heteroatoms. The molecule has 1 heterocycles. The first kappa shape index (κ1) is 15.9. The van der Waals surface area contributed by atoms with Crippen LogP contribution in [0, 0.1) is 5.41 Å². The number of carbonyl (C=O) groups excluding carboxylic acids is 4. The van der Waals surface area contributed by atoms with E-state index in [1.165, 1.54) is 6.92 Å². The zero-order chi connectivity index (χ0) is 15.5. The monoisotopic (exact) mass is 287 g/mol. The number of rotatable bonds is 3. The number of amides is 2. The van der Waals surface area contributed by atoms with Gasteiger partial charge < -0.3 is 9.47 Å². The number of hydroxylamine groups is 2. The Morgan fingerprint density at radius 1 is 1.10 bits per heavy atom. The molecule has 1 aliphatic rings. The lowest BCUT2D eigenvalue weighted by molar-refractivity contribution is -0.194. The van der Waals surface area contributed by atoms with Crippen molar-refractivity contribution in [2.24, 2.45) is 5.41 Å². The van der Waals surface area contributed by atoms with Gasteiger partial charge in [0, 0.05) is 19.8 Å². The van der Waals surface area contributed by atoms with Gasteiger partial charge >= 0.3 is 12.1 Å². The average molecular weight is 287 g/mol. The van der Waals surface area contributed by atoms with Gasteiger partial charge in [0.05, 0.1) is 5.41 Å². The number of hydrogen-bond donors (Lipinski definition) is 0. The van der Waals surface area contributed by atoms with E-state index >= 15 is 0 Å². The zero-order valence-corrected chi connectivity index (χ0v) is 11.8. The standard InChI is InChI=1S/C12H17NO7/c1-7(18-10(16)12(2,3)4)19-11(17)20-13-8(14)5-6-9(13)15/h7H,5-6H2,1-4H3/t7-/m0/s1. The second kappa shape index (κ2) is 5.89. The quantitative estimate of drug-likeness (QED) is 0.436. The van der Waals surface area contributed by atoms with Gasteiger partial charge in [-0.25, -0.2) is 4.79 Å². The molecular weight excluding hydrogens is 270 g/mol. The van der Waals surface area contributed by atoms with E-state index in [0.717, 1.165) is 0 Å². The summed E-state index contributed by atoms with van der Waals surface area (Å²) >= 11 is 0. The third-order valence-corrected chi connectivity index (χ3v) is 2.32. The molecule has 8 nitrogen and oxygen atoms in total. The van der Waals surface area contributed by atoms with E-state index in [9.17, 15) is 19.2 Å². The first-order valence-electron chi connectivity index (χ1n) is 6.06. The first-order chi connectivity index (χ1) is 9.11. The summed E-state index contributed by atoms with van der Waals surface area (Å²) in [6, 6.07) is 0. The minimum Gasteiger partial charge on any atom is -0.425 e. The summed E-state index contributed by atoms with van der Waals surface area (Å²) in [4.78, 5) is 49.7. The van der Waals surface area contributed by atoms with Gasteiger partial charge in [0.25, 0.3) is 11.8 Å². The summed E-state index contributed by atoms with van der Waals surface area (Å²) in [5.74, 6) is -1.80. The van der Waals surface area contributed by atoms with Crippen molar-refractivity contribution in [3.63, 3.8) is 0 Å². The summed E-state index contributed by atoms with van der Waals surface area (Å²) in [6.45, 7) is 6.24. The number of hydrogen-bond acceptors (Lipinski definition) is 7. The molecule has 0 saturated carbocycles. The average Bonchev–Trinajstić information content (AvgIpc) is 2.59. The minimum atomic E-state index is -1.29. The highest BCUT2D eigenvalue weighted by molar-refractivity contribution is 6.01. The van der Waals surface area contributed by atoms with E-state index in [0.29, 0.717) is 5.06 Å². The largest absolute Gasteiger partial charge is 0.537 e. The molecule has 1 rings (SSSR count). The van der Waals surface area contributed by atoms with Gasteiger partial charge in [-0.15, -0.1) is 0 Å². The molecule has 0 unspecified atom stereocenters. The van der Waals surface area contributed by atoms with Crippen molar-refractivity contribution >= 4 is 23.9 Å². The molecular formula is C12H17NO7. The summed E-state index contributed by atoms with van der Waals surface area (Å²) in [5, 5.41) is 0.348. The minimum absolute atomic E-state index is 0.0132. The van der Waals surface area contributed by atoms with Gasteiger partial charge in [-0.1, -0.05) is 5.06 Å². The zero-order valence-electron chi connectivity index (χ0n) is 11.8. The van der Waals surface area contributed by atoms with Crippen LogP contribution >= 0.6 is 0 Å². The molecule has 0 bridgehead atoms. The van der Waals surface area contributed by atoms with E-state index in [-0.39, 0.29) is 12.8 Å². The molecule has 0 aromatic heterocycles. The summed E-state index contributed by atoms with van der Waals surface area (Å²) in [7, 11) is 0. The van der Waals surface area contributed by atoms with Crippen molar-refractivity contribution in [1.29, 1.82) is 0 Å². The normalized spacial score (nSPS) is 16.9. The van der Waals surface area contributed by atoms with E-state index in [1.54, 1.807) is 20.8 Å². The van der Waals surface area contributed by atoms with Gasteiger partial charge in [0.1, 0.15) is 0 Å². The maximum atomic E-state index is 11.5. The van der Waals surface area contributed by atoms with E-state index in [2.05, 4.69) is 9.57 Å². The third kappa shape index (κ3) is 4.22. The topological polar surface area (TPSA) is 99.2 Å². The van der Waals surface area contributed by atoms with Crippen LogP contribution in [0.4, 0.5) is 4.79 Å². The molecule has 1 saturated heterocycles. The third-order valence-electron chi connectivity index (χ3n) is 2.32.